The summed E-state index contributed by atoms with van der Waals surface area (Å²) in [5.41, 5.74) is 0.410. The van der Waals surface area contributed by atoms with E-state index in [1.165, 1.54) is 0 Å². The fourth-order valence-corrected chi connectivity index (χ4v) is 6.04. The van der Waals surface area contributed by atoms with Crippen molar-refractivity contribution in [3.05, 3.63) is 34.9 Å². The molecule has 0 aromatic heterocycles. The third-order valence-corrected chi connectivity index (χ3v) is 8.43. The van der Waals surface area contributed by atoms with Gasteiger partial charge in [0, 0.05) is 17.4 Å². The second-order valence-electron chi connectivity index (χ2n) is 14.2. The van der Waals surface area contributed by atoms with Gasteiger partial charge in [-0.3, -0.25) is 0 Å². The maximum absolute atomic E-state index is 13.1. The molecule has 3 rings (SSSR count). The number of allylic oxidation sites excluding steroid dienone is 1. The van der Waals surface area contributed by atoms with Crippen molar-refractivity contribution in [3.8, 4) is 11.5 Å². The Kier molecular flexibility index (Phi) is 11.3. The molecule has 252 valence electrons. The molecule has 11 heteroatoms. The molecule has 1 unspecified atom stereocenters. The molecule has 1 aromatic rings. The molecule has 1 amide bonds. The van der Waals surface area contributed by atoms with E-state index in [-0.39, 0.29) is 29.4 Å². The second-order valence-corrected chi connectivity index (χ2v) is 14.2. The van der Waals surface area contributed by atoms with Crippen molar-refractivity contribution in [1.82, 2.24) is 5.32 Å². The van der Waals surface area contributed by atoms with Gasteiger partial charge in [0.2, 0.25) is 0 Å². The van der Waals surface area contributed by atoms with E-state index >= 15 is 0 Å². The maximum Gasteiger partial charge on any atom is 0.490 e. The molecule has 8 nitrogen and oxygen atoms in total. The van der Waals surface area contributed by atoms with E-state index in [1.54, 1.807) is 26.8 Å². The van der Waals surface area contributed by atoms with Gasteiger partial charge >= 0.3 is 24.2 Å². The highest BCUT2D eigenvalue weighted by atomic mass is 19.4. The third-order valence-electron chi connectivity index (χ3n) is 8.43. The van der Waals surface area contributed by atoms with Crippen LogP contribution in [0, 0.1) is 5.92 Å². The summed E-state index contributed by atoms with van der Waals surface area (Å²) < 4.78 is 60.7. The van der Waals surface area contributed by atoms with Gasteiger partial charge < -0.3 is 24.3 Å². The molecule has 45 heavy (non-hydrogen) atoms. The first-order chi connectivity index (χ1) is 20.7. The number of halogens is 3. The number of unbranched alkanes of at least 4 members (excludes halogenated alkanes) is 3. The first kappa shape index (κ1) is 36.2. The highest BCUT2D eigenvalue weighted by Gasteiger charge is 2.47. The zero-order chi connectivity index (χ0) is 33.8. The lowest BCUT2D eigenvalue weighted by Crippen LogP contribution is -2.46. The normalized spacial score (nSPS) is 19.3. The van der Waals surface area contributed by atoms with Crippen LogP contribution >= 0.6 is 0 Å². The van der Waals surface area contributed by atoms with Crippen molar-refractivity contribution >= 4 is 18.0 Å². The smallest absolute Gasteiger partial charge is 0.487 e. The van der Waals surface area contributed by atoms with Crippen LogP contribution in [0.1, 0.15) is 117 Å². The zero-order valence-corrected chi connectivity index (χ0v) is 27.7. The van der Waals surface area contributed by atoms with Gasteiger partial charge in [-0.25, -0.2) is 14.4 Å². The van der Waals surface area contributed by atoms with Crippen LogP contribution in [0.25, 0.3) is 0 Å². The molecule has 1 N–H and O–H groups in total. The van der Waals surface area contributed by atoms with Gasteiger partial charge in [0.05, 0.1) is 0 Å². The number of carbonyl (C=O) groups excluding carboxylic acids is 3. The molecule has 1 aliphatic carbocycles. The van der Waals surface area contributed by atoms with E-state index in [4.69, 9.17) is 14.2 Å². The second kappa shape index (κ2) is 14.0. The minimum atomic E-state index is -5.08. The van der Waals surface area contributed by atoms with Crippen LogP contribution in [-0.4, -0.2) is 48.6 Å². The molecule has 1 heterocycles. The molecule has 0 radical (unpaired) electrons. The molecule has 0 spiro atoms. The molecule has 0 saturated heterocycles. The number of alkyl halides is 3. The number of hydrogen-bond acceptors (Lipinski definition) is 7. The summed E-state index contributed by atoms with van der Waals surface area (Å²) in [6, 6.07) is 3.82. The Morgan fingerprint density at radius 3 is 2.36 bits per heavy atom. The summed E-state index contributed by atoms with van der Waals surface area (Å²) in [5.74, 6) is -2.53. The van der Waals surface area contributed by atoms with Crippen LogP contribution in [0.3, 0.4) is 0 Å². The number of amides is 1. The van der Waals surface area contributed by atoms with Gasteiger partial charge in [0.1, 0.15) is 35.9 Å². The van der Waals surface area contributed by atoms with Crippen molar-refractivity contribution < 1.29 is 46.5 Å². The largest absolute Gasteiger partial charge is 0.490 e. The quantitative estimate of drug-likeness (QED) is 0.113. The number of rotatable bonds is 11. The van der Waals surface area contributed by atoms with Crippen molar-refractivity contribution in [3.63, 3.8) is 0 Å². The van der Waals surface area contributed by atoms with Crippen LogP contribution in [0.2, 0.25) is 0 Å². The highest BCUT2D eigenvalue weighted by molar-refractivity contribution is 5.80. The van der Waals surface area contributed by atoms with Crippen molar-refractivity contribution in [2.45, 2.75) is 129 Å². The fourth-order valence-electron chi connectivity index (χ4n) is 6.04. The lowest BCUT2D eigenvalue weighted by molar-refractivity contribution is -0.198. The van der Waals surface area contributed by atoms with E-state index in [9.17, 15) is 27.6 Å². The lowest BCUT2D eigenvalue weighted by atomic mass is 9.66. The molecule has 0 saturated carbocycles. The number of hydrogen-bond donors (Lipinski definition) is 1. The monoisotopic (exact) mass is 639 g/mol. The zero-order valence-electron chi connectivity index (χ0n) is 27.7. The van der Waals surface area contributed by atoms with Crippen molar-refractivity contribution in [2.75, 3.05) is 13.2 Å². The highest BCUT2D eigenvalue weighted by Crippen LogP contribution is 2.55. The topological polar surface area (TPSA) is 100 Å². The van der Waals surface area contributed by atoms with E-state index in [1.807, 2.05) is 26.0 Å². The summed E-state index contributed by atoms with van der Waals surface area (Å²) in [6.45, 7) is 14.6. The number of alkyl carbamates (subject to hydrolysis) is 1. The van der Waals surface area contributed by atoms with Crippen LogP contribution < -0.4 is 14.8 Å². The van der Waals surface area contributed by atoms with Gasteiger partial charge in [-0.05, 0) is 82.6 Å². The number of benzene rings is 1. The summed E-state index contributed by atoms with van der Waals surface area (Å²) >= 11 is 0. The molecule has 0 fully saturated rings. The Balaban J connectivity index is 1.97. The summed E-state index contributed by atoms with van der Waals surface area (Å²) in [4.78, 5) is 36.7. The molecule has 0 bridgehead atoms. The predicted molar refractivity (Wildman–Crippen MR) is 163 cm³/mol. The molecular formula is C34H48F3NO7. The SMILES string of the molecule is CCCCCCC(C)(C)c1cc(OC(=O)CNC(=O)OC(C)(C)C)c2c(c1)OC(C)(C)C1CC=C(COC(=O)C(F)(F)F)C[C@H]21. The van der Waals surface area contributed by atoms with Gasteiger partial charge in [0.15, 0.2) is 0 Å². The summed E-state index contributed by atoms with van der Waals surface area (Å²) in [7, 11) is 0. The van der Waals surface area contributed by atoms with Crippen LogP contribution in [0.5, 0.6) is 11.5 Å². The van der Waals surface area contributed by atoms with E-state index in [0.717, 1.165) is 37.7 Å². The Labute approximate surface area is 264 Å². The van der Waals surface area contributed by atoms with E-state index in [0.29, 0.717) is 23.3 Å². The number of nitrogens with one attached hydrogen (secondary N) is 1. The first-order valence-corrected chi connectivity index (χ1v) is 15.7. The van der Waals surface area contributed by atoms with Crippen LogP contribution in [0.4, 0.5) is 18.0 Å². The van der Waals surface area contributed by atoms with E-state index in [2.05, 4.69) is 30.8 Å². The predicted octanol–water partition coefficient (Wildman–Crippen LogP) is 8.06. The average Bonchev–Trinajstić information content (AvgIpc) is 2.90. The van der Waals surface area contributed by atoms with Gasteiger partial charge in [-0.1, -0.05) is 52.5 Å². The number of carbonyl (C=O) groups is 3. The van der Waals surface area contributed by atoms with Crippen LogP contribution in [0.15, 0.2) is 23.8 Å². The standard InChI is InChI=1S/C34H48F3NO7/c1-9-10-11-12-15-32(5,6)22-17-25(43-27(39)19-38-30(41)45-31(2,3)4)28-23-16-21(20-42-29(40)34(35,36)37)13-14-24(23)33(7,8)44-26(28)18-22/h13,17-18,23-24H,9-12,14-16,19-20H2,1-8H3,(H,38,41)/t23-,24?/m0/s1. The third kappa shape index (κ3) is 9.87. The summed E-state index contributed by atoms with van der Waals surface area (Å²) in [6.07, 6.45) is 1.99. The fraction of sp³-hybridized carbons (Fsp3) is 0.676. The minimum absolute atomic E-state index is 0.0997. The minimum Gasteiger partial charge on any atom is -0.487 e. The lowest BCUT2D eigenvalue weighted by Gasteiger charge is -2.47. The van der Waals surface area contributed by atoms with Crippen LogP contribution in [-0.2, 0) is 24.5 Å². The average molecular weight is 640 g/mol. The Hall–Kier alpha value is -3.24. The molecule has 2 atom stereocenters. The molecule has 2 aliphatic rings. The Morgan fingerprint density at radius 2 is 1.73 bits per heavy atom. The van der Waals surface area contributed by atoms with Crippen molar-refractivity contribution in [1.29, 1.82) is 0 Å². The number of fused-ring (bicyclic) bond motifs is 3. The van der Waals surface area contributed by atoms with Gasteiger partial charge in [0.25, 0.3) is 0 Å². The Morgan fingerprint density at radius 1 is 1.04 bits per heavy atom. The van der Waals surface area contributed by atoms with Gasteiger partial charge in [-0.15, -0.1) is 0 Å². The maximum atomic E-state index is 13.1. The molecule has 1 aliphatic heterocycles. The van der Waals surface area contributed by atoms with E-state index < -0.39 is 48.6 Å². The molecule has 1 aromatic carbocycles. The summed E-state index contributed by atoms with van der Waals surface area (Å²) in [5, 5.41) is 2.42. The van der Waals surface area contributed by atoms with Crippen molar-refractivity contribution in [2.24, 2.45) is 5.92 Å². The Bertz CT molecular complexity index is 1280. The molecular weight excluding hydrogens is 591 g/mol. The first-order valence-electron chi connectivity index (χ1n) is 15.7. The van der Waals surface area contributed by atoms with Gasteiger partial charge in [-0.2, -0.15) is 13.2 Å². The number of ether oxygens (including phenoxy) is 4. The number of esters is 2.